The normalized spacial score (nSPS) is 13.3. The van der Waals surface area contributed by atoms with Crippen molar-refractivity contribution in [2.45, 2.75) is 158 Å². The fourth-order valence-corrected chi connectivity index (χ4v) is 10.7. The van der Waals surface area contributed by atoms with Gasteiger partial charge in [0.15, 0.2) is 23.0 Å². The van der Waals surface area contributed by atoms with Crippen LogP contribution in [0.1, 0.15) is 158 Å². The second-order valence-corrected chi connectivity index (χ2v) is 20.8. The quantitative estimate of drug-likeness (QED) is 0.0420. The molecule has 9 heteroatoms. The summed E-state index contributed by atoms with van der Waals surface area (Å²) >= 11 is 2.88. The Morgan fingerprint density at radius 1 is 0.420 bits per heavy atom. The Kier molecular flexibility index (Phi) is 22.2. The molecule has 0 N–H and O–H groups in total. The van der Waals surface area contributed by atoms with Crippen molar-refractivity contribution < 1.29 is 23.3 Å². The highest BCUT2D eigenvalue weighted by Crippen LogP contribution is 2.43. The highest BCUT2D eigenvalue weighted by molar-refractivity contribution is 7.19. The number of benzene rings is 4. The first-order valence-electron chi connectivity index (χ1n) is 26.7. The largest absolute Gasteiger partial charge is 0.489 e. The van der Waals surface area contributed by atoms with E-state index in [1.54, 1.807) is 17.4 Å². The molecule has 0 fully saturated rings. The monoisotopic (exact) mass is 977 g/mol. The van der Waals surface area contributed by atoms with E-state index in [1.165, 1.54) is 64.2 Å². The molecule has 6 rings (SSSR count). The third-order valence-electron chi connectivity index (χ3n) is 14.1. The molecule has 4 aromatic carbocycles. The predicted molar refractivity (Wildman–Crippen MR) is 292 cm³/mol. The van der Waals surface area contributed by atoms with E-state index in [0.29, 0.717) is 61.2 Å². The van der Waals surface area contributed by atoms with Crippen LogP contribution in [-0.2, 0) is 0 Å². The third-order valence-corrected chi connectivity index (χ3v) is 15.8. The fraction of sp³-hybridized carbons (Fsp3) is 0.533. The van der Waals surface area contributed by atoms with Crippen LogP contribution in [0.4, 0.5) is 4.39 Å². The zero-order valence-corrected chi connectivity index (χ0v) is 44.8. The van der Waals surface area contributed by atoms with Crippen molar-refractivity contribution in [2.75, 3.05) is 26.4 Å². The molecule has 4 unspecified atom stereocenters. The van der Waals surface area contributed by atoms with Crippen molar-refractivity contribution in [2.24, 2.45) is 23.7 Å². The lowest BCUT2D eigenvalue weighted by atomic mass is 9.97. The molecule has 69 heavy (non-hydrogen) atoms. The average Bonchev–Trinajstić information content (AvgIpc) is 4.09. The molecule has 0 aliphatic rings. The molecule has 0 bridgehead atoms. The molecule has 6 nitrogen and oxygen atoms in total. The lowest BCUT2D eigenvalue weighted by molar-refractivity contribution is 0.199. The molecule has 4 atom stereocenters. The summed E-state index contributed by atoms with van der Waals surface area (Å²) in [4.78, 5) is 2.20. The van der Waals surface area contributed by atoms with Crippen LogP contribution >= 0.6 is 23.1 Å². The molecule has 6 aromatic rings. The zero-order chi connectivity index (χ0) is 49.0. The zero-order valence-electron chi connectivity index (χ0n) is 43.2. The van der Waals surface area contributed by atoms with Crippen molar-refractivity contribution in [3.05, 3.63) is 84.7 Å². The standard InChI is InChI=1S/C60H81FN2O4S2/c1-9-17-21-42(13-5)38-64-53-31-26-47(36-55(53)66-40-44(15-7)23-19-11-3)46-25-28-49(52(61)35-46)50-29-30-51(60-59(50)62-69-63-60)58-34-33-57(68-58)48-27-32-54(65-39-43(14-6)22-18-10-2)56(37-48)67-41-45(16-8)24-20-12-4/h25-37,42-45H,9-24,38-41H2,1-8H3. The van der Waals surface area contributed by atoms with Gasteiger partial charge >= 0.3 is 0 Å². The van der Waals surface area contributed by atoms with E-state index in [-0.39, 0.29) is 5.82 Å². The van der Waals surface area contributed by atoms with E-state index in [2.05, 4.69) is 91.8 Å². The van der Waals surface area contributed by atoms with Gasteiger partial charge in [0, 0.05) is 26.4 Å². The van der Waals surface area contributed by atoms with E-state index in [1.807, 2.05) is 36.4 Å². The van der Waals surface area contributed by atoms with Gasteiger partial charge in [-0.1, -0.05) is 163 Å². The molecule has 0 aliphatic heterocycles. The Morgan fingerprint density at radius 2 is 0.812 bits per heavy atom. The van der Waals surface area contributed by atoms with E-state index >= 15 is 4.39 Å². The van der Waals surface area contributed by atoms with E-state index < -0.39 is 0 Å². The maximum absolute atomic E-state index is 16.5. The third kappa shape index (κ3) is 15.0. The fourth-order valence-electron chi connectivity index (χ4n) is 9.07. The van der Waals surface area contributed by atoms with Gasteiger partial charge in [-0.15, -0.1) is 11.3 Å². The Bertz CT molecular complexity index is 2450. The number of thiophene rings is 1. The summed E-state index contributed by atoms with van der Waals surface area (Å²) in [5.41, 5.74) is 6.43. The molecular formula is C60H81FN2O4S2. The molecule has 2 heterocycles. The molecule has 0 amide bonds. The molecule has 0 spiro atoms. The van der Waals surface area contributed by atoms with Crippen LogP contribution in [0, 0.1) is 29.5 Å². The Labute approximate surface area is 423 Å². The number of ether oxygens (including phenoxy) is 4. The number of fused-ring (bicyclic) bond motifs is 1. The van der Waals surface area contributed by atoms with Crippen LogP contribution in [0.5, 0.6) is 23.0 Å². The minimum Gasteiger partial charge on any atom is -0.489 e. The topological polar surface area (TPSA) is 62.7 Å². The van der Waals surface area contributed by atoms with Gasteiger partial charge < -0.3 is 18.9 Å². The summed E-state index contributed by atoms with van der Waals surface area (Å²) in [6.45, 7) is 20.6. The Hall–Kier alpha value is -4.47. The molecule has 2 aromatic heterocycles. The van der Waals surface area contributed by atoms with Crippen molar-refractivity contribution >= 4 is 34.1 Å². The Morgan fingerprint density at radius 3 is 1.29 bits per heavy atom. The Balaban J connectivity index is 1.24. The number of hydrogen-bond donors (Lipinski definition) is 0. The first-order chi connectivity index (χ1) is 33.8. The first-order valence-corrected chi connectivity index (χ1v) is 28.3. The van der Waals surface area contributed by atoms with Crippen LogP contribution in [-0.4, -0.2) is 35.2 Å². The number of unbranched alkanes of at least 4 members (excludes halogenated alkanes) is 4. The van der Waals surface area contributed by atoms with Crippen molar-refractivity contribution in [1.29, 1.82) is 0 Å². The van der Waals surface area contributed by atoms with Gasteiger partial charge in [-0.3, -0.25) is 0 Å². The van der Waals surface area contributed by atoms with Crippen LogP contribution in [0.15, 0.2) is 78.9 Å². The summed E-state index contributed by atoms with van der Waals surface area (Å²) in [7, 11) is 0. The predicted octanol–water partition coefficient (Wildman–Crippen LogP) is 18.9. The van der Waals surface area contributed by atoms with Gasteiger partial charge in [-0.25, -0.2) is 4.39 Å². The molecule has 0 saturated heterocycles. The van der Waals surface area contributed by atoms with Crippen LogP contribution in [0.2, 0.25) is 0 Å². The van der Waals surface area contributed by atoms with Gasteiger partial charge in [0.2, 0.25) is 0 Å². The summed E-state index contributed by atoms with van der Waals surface area (Å²) in [5, 5.41) is 0. The van der Waals surface area contributed by atoms with E-state index in [4.69, 9.17) is 27.7 Å². The van der Waals surface area contributed by atoms with E-state index in [9.17, 15) is 0 Å². The van der Waals surface area contributed by atoms with Crippen molar-refractivity contribution in [3.8, 4) is 66.1 Å². The molecule has 374 valence electrons. The summed E-state index contributed by atoms with van der Waals surface area (Å²) < 4.78 is 52.2. The molecule has 0 saturated carbocycles. The highest BCUT2D eigenvalue weighted by atomic mass is 32.1. The number of aromatic nitrogens is 2. The van der Waals surface area contributed by atoms with Gasteiger partial charge in [0.25, 0.3) is 0 Å². The number of halogens is 1. The van der Waals surface area contributed by atoms with Crippen molar-refractivity contribution in [3.63, 3.8) is 0 Å². The molecule has 0 aliphatic carbocycles. The smallest absolute Gasteiger partial charge is 0.161 e. The van der Waals surface area contributed by atoms with Crippen molar-refractivity contribution in [1.82, 2.24) is 8.75 Å². The summed E-state index contributed by atoms with van der Waals surface area (Å²) in [6, 6.07) is 26.3. The number of nitrogens with zero attached hydrogens (tertiary/aromatic N) is 2. The lowest BCUT2D eigenvalue weighted by Crippen LogP contribution is -2.14. The van der Waals surface area contributed by atoms with Crippen LogP contribution < -0.4 is 18.9 Å². The summed E-state index contributed by atoms with van der Waals surface area (Å²) in [6.07, 6.45) is 18.5. The van der Waals surface area contributed by atoms with Gasteiger partial charge in [-0.05, 0) is 115 Å². The number of hydrogen-bond acceptors (Lipinski definition) is 8. The van der Waals surface area contributed by atoms with E-state index in [0.717, 1.165) is 116 Å². The van der Waals surface area contributed by atoms with Gasteiger partial charge in [0.05, 0.1) is 38.2 Å². The van der Waals surface area contributed by atoms with Crippen LogP contribution in [0.25, 0.3) is 54.2 Å². The summed E-state index contributed by atoms with van der Waals surface area (Å²) in [5.74, 6) is 4.81. The van der Waals surface area contributed by atoms with Crippen LogP contribution in [0.3, 0.4) is 0 Å². The maximum Gasteiger partial charge on any atom is 0.161 e. The highest BCUT2D eigenvalue weighted by Gasteiger charge is 2.21. The average molecular weight is 977 g/mol. The van der Waals surface area contributed by atoms with Gasteiger partial charge in [0.1, 0.15) is 16.9 Å². The second-order valence-electron chi connectivity index (χ2n) is 19.2. The number of rotatable bonds is 32. The molecule has 0 radical (unpaired) electrons. The minimum atomic E-state index is -0.310. The second kappa shape index (κ2) is 28.4. The maximum atomic E-state index is 16.5. The first kappa shape index (κ1) is 53.9. The minimum absolute atomic E-state index is 0.310. The molecular weight excluding hydrogens is 896 g/mol. The lowest BCUT2D eigenvalue weighted by Gasteiger charge is -2.20. The SMILES string of the molecule is CCCCC(CC)COc1ccc(-c2ccc(-c3ccc(-c4ccc(-c5ccc(OCC(CC)CCCC)c(OCC(CC)CCCC)c5)s4)c4nsnc34)c(F)c2)cc1OCC(CC)CCCC. The van der Waals surface area contributed by atoms with Gasteiger partial charge in [-0.2, -0.15) is 8.75 Å².